The predicted molar refractivity (Wildman–Crippen MR) is 232 cm³/mol. The predicted octanol–water partition coefficient (Wildman–Crippen LogP) is -5.55. The number of nitrogens with one attached hydrogen (secondary N) is 8. The molecule has 8 atom stereocenters. The fourth-order valence-electron chi connectivity index (χ4n) is 6.68. The number of rotatable bonds is 17. The maximum absolute atomic E-state index is 14.4. The lowest BCUT2D eigenvalue weighted by atomic mass is 9.90. The summed E-state index contributed by atoms with van der Waals surface area (Å²) in [4.78, 5) is 158. The lowest BCUT2D eigenvalue weighted by molar-refractivity contribution is -0.144. The Labute approximate surface area is 380 Å². The Morgan fingerprint density at radius 1 is 0.864 bits per heavy atom. The molecular weight excluding hydrogens is 869 g/mol. The molecule has 25 nitrogen and oxygen atoms in total. The molecule has 1 fully saturated rings. The minimum absolute atomic E-state index is 0.0707. The van der Waals surface area contributed by atoms with Crippen molar-refractivity contribution in [3.63, 3.8) is 0 Å². The number of benzene rings is 1. The Morgan fingerprint density at radius 3 is 2.08 bits per heavy atom. The second-order valence-corrected chi connectivity index (χ2v) is 16.1. The van der Waals surface area contributed by atoms with Crippen LogP contribution in [0.15, 0.2) is 24.3 Å². The van der Waals surface area contributed by atoms with Crippen molar-refractivity contribution in [3.05, 3.63) is 29.8 Å². The summed E-state index contributed by atoms with van der Waals surface area (Å²) in [5, 5.41) is 29.4. The van der Waals surface area contributed by atoms with Crippen molar-refractivity contribution in [2.45, 2.75) is 114 Å². The van der Waals surface area contributed by atoms with Crippen molar-refractivity contribution in [1.29, 1.82) is 0 Å². The van der Waals surface area contributed by atoms with Gasteiger partial charge in [-0.15, -0.1) is 0 Å². The molecular formula is C41H62N12O13. The molecule has 0 saturated carbocycles. The molecule has 0 spiro atoms. The van der Waals surface area contributed by atoms with E-state index in [2.05, 4.69) is 42.5 Å². The Bertz CT molecular complexity index is 1980. The normalized spacial score (nSPS) is 22.9. The van der Waals surface area contributed by atoms with Gasteiger partial charge in [-0.2, -0.15) is 0 Å². The first-order valence-corrected chi connectivity index (χ1v) is 21.1. The minimum Gasteiger partial charge on any atom is -0.508 e. The summed E-state index contributed by atoms with van der Waals surface area (Å²) in [5.74, 6) is -10.5. The highest BCUT2D eigenvalue weighted by Crippen LogP contribution is 2.20. The van der Waals surface area contributed by atoms with Crippen molar-refractivity contribution in [3.8, 4) is 5.75 Å². The number of primary amides is 3. The number of carbonyl (C=O) groups is 12. The van der Waals surface area contributed by atoms with Gasteiger partial charge in [-0.1, -0.05) is 32.4 Å². The molecule has 1 aliphatic rings. The highest BCUT2D eigenvalue weighted by Gasteiger charge is 2.41. The molecule has 25 heteroatoms. The number of amides is 11. The molecule has 0 radical (unpaired) electrons. The van der Waals surface area contributed by atoms with Crippen LogP contribution in [0.4, 0.5) is 0 Å². The van der Waals surface area contributed by atoms with Crippen LogP contribution in [0.25, 0.3) is 0 Å². The molecule has 0 aliphatic carbocycles. The van der Waals surface area contributed by atoms with Crippen molar-refractivity contribution in [2.24, 2.45) is 23.1 Å². The van der Waals surface area contributed by atoms with Gasteiger partial charge in [-0.3, -0.25) is 52.7 Å². The van der Waals surface area contributed by atoms with Crippen LogP contribution < -0.4 is 59.7 Å². The molecule has 15 N–H and O–H groups in total. The topological polar surface area (TPSA) is 403 Å². The molecule has 1 aliphatic heterocycles. The fourth-order valence-corrected chi connectivity index (χ4v) is 6.68. The third kappa shape index (κ3) is 17.8. The molecule has 1 aromatic rings. The number of hydrogen-bond acceptors (Lipinski definition) is 14. The quantitative estimate of drug-likeness (QED) is 0.0649. The standard InChI is InChI=1S/C41H62N12O13/c1-6-21(2)34-39(65)52-41(20-54,14-13-29(42)56)19-47-27(16-30(43)57)38(64)51-26(37(63)49-23(4)36(62)48-22(3)35(61)46-17-31(44)58)11-12-32(59)45-18-33(60)50-28(40(66)53(34)5)15-24-7-9-25(55)10-8-24/h7-10,20-23,26-28,34,47,55H,6,11-19H2,1-5H3,(H2,42,56)(H2,43,57)(H2,44,58)(H,45,59)(H,46,61)(H,48,62)(H,49,63)(H,50,60)(H,51,64)(H,52,65). The third-order valence-corrected chi connectivity index (χ3v) is 10.7. The van der Waals surface area contributed by atoms with E-state index in [-0.39, 0.29) is 12.2 Å². The summed E-state index contributed by atoms with van der Waals surface area (Å²) in [6.07, 6.45) is -2.20. The molecule has 66 heavy (non-hydrogen) atoms. The summed E-state index contributed by atoms with van der Waals surface area (Å²) >= 11 is 0. The molecule has 364 valence electrons. The zero-order valence-corrected chi connectivity index (χ0v) is 37.5. The van der Waals surface area contributed by atoms with Crippen LogP contribution in [-0.2, 0) is 64.0 Å². The summed E-state index contributed by atoms with van der Waals surface area (Å²) < 4.78 is 0. The number of carbonyl (C=O) groups excluding carboxylic acids is 12. The van der Waals surface area contributed by atoms with Gasteiger partial charge in [0.15, 0.2) is 0 Å². The van der Waals surface area contributed by atoms with E-state index in [4.69, 9.17) is 17.2 Å². The van der Waals surface area contributed by atoms with Gasteiger partial charge in [0.2, 0.25) is 65.0 Å². The van der Waals surface area contributed by atoms with Gasteiger partial charge in [0.05, 0.1) is 25.6 Å². The smallest absolute Gasteiger partial charge is 0.245 e. The summed E-state index contributed by atoms with van der Waals surface area (Å²) in [6, 6.07) is -2.79. The molecule has 2 rings (SSSR count). The summed E-state index contributed by atoms with van der Waals surface area (Å²) in [7, 11) is 1.31. The van der Waals surface area contributed by atoms with Crippen LogP contribution in [0.5, 0.6) is 5.75 Å². The van der Waals surface area contributed by atoms with Crippen molar-refractivity contribution < 1.29 is 62.6 Å². The van der Waals surface area contributed by atoms with E-state index in [0.29, 0.717) is 18.3 Å². The number of nitrogens with two attached hydrogens (primary N) is 3. The van der Waals surface area contributed by atoms with Gasteiger partial charge in [0.25, 0.3) is 0 Å². The fraction of sp³-hybridized carbons (Fsp3) is 0.561. The Morgan fingerprint density at radius 2 is 1.50 bits per heavy atom. The zero-order chi connectivity index (χ0) is 49.9. The number of likely N-dealkylation sites (N-methyl/N-ethyl adjacent to an activating group) is 1. The highest BCUT2D eigenvalue weighted by molar-refractivity contribution is 5.97. The van der Waals surface area contributed by atoms with E-state index in [1.54, 1.807) is 13.8 Å². The van der Waals surface area contributed by atoms with Crippen LogP contribution in [-0.4, -0.2) is 150 Å². The van der Waals surface area contributed by atoms with Crippen molar-refractivity contribution in [1.82, 2.24) is 47.4 Å². The third-order valence-electron chi connectivity index (χ3n) is 10.7. The van der Waals surface area contributed by atoms with Gasteiger partial charge < -0.3 is 74.5 Å². The first-order chi connectivity index (χ1) is 30.9. The number of nitrogens with zero attached hydrogens (tertiary/aromatic N) is 1. The Kier molecular flexibility index (Phi) is 21.6. The molecule has 0 bridgehead atoms. The van der Waals surface area contributed by atoms with Gasteiger partial charge in [0.1, 0.15) is 47.8 Å². The van der Waals surface area contributed by atoms with Crippen molar-refractivity contribution >= 4 is 71.3 Å². The van der Waals surface area contributed by atoms with E-state index in [9.17, 15) is 62.6 Å². The van der Waals surface area contributed by atoms with Crippen LogP contribution in [0.2, 0.25) is 0 Å². The zero-order valence-electron chi connectivity index (χ0n) is 37.5. The van der Waals surface area contributed by atoms with E-state index < -0.39 is 164 Å². The maximum atomic E-state index is 14.4. The van der Waals surface area contributed by atoms with Crippen LogP contribution in [0.1, 0.15) is 71.8 Å². The molecule has 1 aromatic carbocycles. The first kappa shape index (κ1) is 55.0. The van der Waals surface area contributed by atoms with Gasteiger partial charge in [-0.05, 0) is 50.3 Å². The lowest BCUT2D eigenvalue weighted by Gasteiger charge is -2.38. The van der Waals surface area contributed by atoms with Crippen LogP contribution in [0, 0.1) is 5.92 Å². The maximum Gasteiger partial charge on any atom is 0.245 e. The van der Waals surface area contributed by atoms with Crippen LogP contribution in [0.3, 0.4) is 0 Å². The minimum atomic E-state index is -2.04. The van der Waals surface area contributed by atoms with E-state index in [0.717, 1.165) is 4.90 Å². The second-order valence-electron chi connectivity index (χ2n) is 16.1. The molecule has 11 amide bonds. The average Bonchev–Trinajstić information content (AvgIpc) is 3.25. The SMILES string of the molecule is CCC(C)C1C(=O)NC(C=O)(CCC(N)=O)CNC(CC(N)=O)C(=O)NC(C(=O)NC(C)C(=O)NC(C)C(=O)NCC(N)=O)CCC(=O)NCC(=O)NC(Cc2ccc(O)cc2)C(=O)N1C. The summed E-state index contributed by atoms with van der Waals surface area (Å²) in [6.45, 7) is 4.08. The van der Waals surface area contributed by atoms with Crippen LogP contribution >= 0.6 is 0 Å². The highest BCUT2D eigenvalue weighted by atomic mass is 16.3. The average molecular weight is 931 g/mol. The van der Waals surface area contributed by atoms with E-state index >= 15 is 0 Å². The Balaban J connectivity index is 2.64. The monoisotopic (exact) mass is 930 g/mol. The van der Waals surface area contributed by atoms with E-state index in [1.807, 2.05) is 0 Å². The number of aldehydes is 1. The van der Waals surface area contributed by atoms with Crippen molar-refractivity contribution in [2.75, 3.05) is 26.7 Å². The number of phenols is 1. The lowest BCUT2D eigenvalue weighted by Crippen LogP contribution is -2.64. The summed E-state index contributed by atoms with van der Waals surface area (Å²) in [5.41, 5.74) is 14.4. The second kappa shape index (κ2) is 25.9. The van der Waals surface area contributed by atoms with E-state index in [1.165, 1.54) is 45.2 Å². The van der Waals surface area contributed by atoms with Gasteiger partial charge >= 0.3 is 0 Å². The number of aromatic hydroxyl groups is 1. The largest absolute Gasteiger partial charge is 0.508 e. The molecule has 0 aromatic heterocycles. The van der Waals surface area contributed by atoms with Gasteiger partial charge in [0, 0.05) is 32.9 Å². The molecule has 1 heterocycles. The number of phenolic OH excluding ortho intramolecular Hbond substituents is 1. The molecule has 1 saturated heterocycles. The number of hydrogen-bond donors (Lipinski definition) is 12. The van der Waals surface area contributed by atoms with Gasteiger partial charge in [-0.25, -0.2) is 0 Å². The molecule has 8 unspecified atom stereocenters. The first-order valence-electron chi connectivity index (χ1n) is 21.1. The Hall–Kier alpha value is -7.18.